The van der Waals surface area contributed by atoms with E-state index in [9.17, 15) is 4.39 Å². The van der Waals surface area contributed by atoms with Crippen molar-refractivity contribution in [2.75, 3.05) is 0 Å². The van der Waals surface area contributed by atoms with E-state index in [0.29, 0.717) is 11.8 Å². The summed E-state index contributed by atoms with van der Waals surface area (Å²) < 4.78 is 14.5. The first-order valence-electron chi connectivity index (χ1n) is 8.44. The molecule has 0 saturated heterocycles. The van der Waals surface area contributed by atoms with Crippen LogP contribution in [0, 0.1) is 11.7 Å². The molecule has 0 radical (unpaired) electrons. The summed E-state index contributed by atoms with van der Waals surface area (Å²) in [5, 5.41) is 0. The molecule has 1 aromatic rings. The van der Waals surface area contributed by atoms with E-state index in [0.717, 1.165) is 50.0 Å². The lowest BCUT2D eigenvalue weighted by molar-refractivity contribution is 0.342. The van der Waals surface area contributed by atoms with Gasteiger partial charge in [-0.2, -0.15) is 0 Å². The first-order valence-corrected chi connectivity index (χ1v) is 8.85. The summed E-state index contributed by atoms with van der Waals surface area (Å²) in [6, 6.07) is 6.06. The Morgan fingerprint density at radius 1 is 0.952 bits per heavy atom. The van der Waals surface area contributed by atoms with Crippen LogP contribution in [0.4, 0.5) is 4.39 Å². The van der Waals surface area contributed by atoms with Crippen molar-refractivity contribution >= 4 is 17.1 Å². The van der Waals surface area contributed by atoms with Gasteiger partial charge >= 0.3 is 0 Å². The monoisotopic (exact) mass is 304 g/mol. The summed E-state index contributed by atoms with van der Waals surface area (Å²) in [6.07, 6.45) is 9.03. The van der Waals surface area contributed by atoms with E-state index >= 15 is 0 Å². The summed E-state index contributed by atoms with van der Waals surface area (Å²) in [7, 11) is 0. The van der Waals surface area contributed by atoms with Gasteiger partial charge in [-0.3, -0.25) is 0 Å². The van der Waals surface area contributed by atoms with Gasteiger partial charge in [-0.1, -0.05) is 44.1 Å². The van der Waals surface area contributed by atoms with E-state index in [1.807, 2.05) is 6.07 Å². The zero-order valence-electron chi connectivity index (χ0n) is 12.9. The van der Waals surface area contributed by atoms with Crippen LogP contribution in [0.1, 0.15) is 81.3 Å². The molecule has 0 heterocycles. The summed E-state index contributed by atoms with van der Waals surface area (Å²) in [4.78, 5) is 1.19. The molecule has 0 unspecified atom stereocenters. The highest BCUT2D eigenvalue weighted by atomic mass is 32.1. The smallest absolute Gasteiger partial charge is 0.126 e. The molecule has 2 aliphatic carbocycles. The molecule has 0 bridgehead atoms. The van der Waals surface area contributed by atoms with Gasteiger partial charge in [0, 0.05) is 0 Å². The third kappa shape index (κ3) is 3.53. The number of halogens is 1. The molecular weight excluding hydrogens is 279 g/mol. The lowest BCUT2D eigenvalue weighted by Crippen LogP contribution is -2.14. The number of hydrogen-bond acceptors (Lipinski definition) is 1. The quantitative estimate of drug-likeness (QED) is 0.591. The van der Waals surface area contributed by atoms with Crippen LogP contribution in [0.2, 0.25) is 0 Å². The molecule has 2 saturated carbocycles. The van der Waals surface area contributed by atoms with Gasteiger partial charge in [0.15, 0.2) is 0 Å². The highest BCUT2D eigenvalue weighted by Gasteiger charge is 2.24. The van der Waals surface area contributed by atoms with Gasteiger partial charge in [-0.25, -0.2) is 4.39 Å². The fourth-order valence-corrected chi connectivity index (χ4v) is 4.21. The Bertz CT molecular complexity index is 504. The van der Waals surface area contributed by atoms with Crippen LogP contribution >= 0.6 is 12.2 Å². The van der Waals surface area contributed by atoms with E-state index in [4.69, 9.17) is 12.2 Å². The van der Waals surface area contributed by atoms with Crippen molar-refractivity contribution in [3.05, 3.63) is 35.1 Å². The molecule has 0 aliphatic heterocycles. The highest BCUT2D eigenvalue weighted by Crippen LogP contribution is 2.38. The van der Waals surface area contributed by atoms with E-state index in [-0.39, 0.29) is 5.82 Å². The van der Waals surface area contributed by atoms with Gasteiger partial charge in [0.1, 0.15) is 5.82 Å². The van der Waals surface area contributed by atoms with Crippen molar-refractivity contribution in [3.63, 3.8) is 0 Å². The van der Waals surface area contributed by atoms with Crippen molar-refractivity contribution < 1.29 is 4.39 Å². The molecule has 0 atom stereocenters. The van der Waals surface area contributed by atoms with Gasteiger partial charge in [0.05, 0.1) is 0 Å². The third-order valence-electron chi connectivity index (χ3n) is 5.49. The predicted molar refractivity (Wildman–Crippen MR) is 90.6 cm³/mol. The van der Waals surface area contributed by atoms with E-state index in [2.05, 4.69) is 19.1 Å². The second-order valence-corrected chi connectivity index (χ2v) is 7.63. The summed E-state index contributed by atoms with van der Waals surface area (Å²) in [5.41, 5.74) is 2.14. The minimum atomic E-state index is 0.0280. The topological polar surface area (TPSA) is 0 Å². The minimum Gasteiger partial charge on any atom is -0.207 e. The molecule has 0 spiro atoms. The molecular formula is C19H25FS. The number of hydrogen-bond donors (Lipinski definition) is 0. The van der Waals surface area contributed by atoms with Crippen LogP contribution in [0.5, 0.6) is 0 Å². The molecule has 3 rings (SSSR count). The molecule has 0 N–H and O–H groups in total. The molecule has 114 valence electrons. The highest BCUT2D eigenvalue weighted by molar-refractivity contribution is 7.80. The zero-order chi connectivity index (χ0) is 14.8. The molecule has 0 nitrogen and oxygen atoms in total. The molecule has 21 heavy (non-hydrogen) atoms. The first-order chi connectivity index (χ1) is 10.1. The standard InChI is InChI=1S/C19H25FS/c1-13-2-4-15(5-3-13)18-11-8-16(12-19(18)20)14-6-9-17(21)10-7-14/h8,11-15H,2-7,9-10H2,1H3. The van der Waals surface area contributed by atoms with Crippen LogP contribution in [0.3, 0.4) is 0 Å². The Labute approximate surface area is 133 Å². The van der Waals surface area contributed by atoms with Crippen molar-refractivity contribution in [1.29, 1.82) is 0 Å². The van der Waals surface area contributed by atoms with Crippen molar-refractivity contribution in [1.82, 2.24) is 0 Å². The summed E-state index contributed by atoms with van der Waals surface area (Å²) in [5.74, 6) is 1.79. The Kier molecular flexibility index (Phi) is 4.73. The molecule has 2 fully saturated rings. The van der Waals surface area contributed by atoms with Gasteiger partial charge < -0.3 is 0 Å². The third-order valence-corrected chi connectivity index (χ3v) is 5.90. The van der Waals surface area contributed by atoms with Gasteiger partial charge in [-0.15, -0.1) is 0 Å². The maximum absolute atomic E-state index is 14.5. The van der Waals surface area contributed by atoms with Crippen molar-refractivity contribution in [2.24, 2.45) is 5.92 Å². The summed E-state index contributed by atoms with van der Waals surface area (Å²) >= 11 is 5.28. The normalized spacial score (nSPS) is 27.8. The maximum atomic E-state index is 14.5. The zero-order valence-corrected chi connectivity index (χ0v) is 13.7. The second-order valence-electron chi connectivity index (χ2n) is 7.05. The fourth-order valence-electron chi connectivity index (χ4n) is 3.97. The summed E-state index contributed by atoms with van der Waals surface area (Å²) in [6.45, 7) is 2.31. The second kappa shape index (κ2) is 6.56. The van der Waals surface area contributed by atoms with E-state index in [1.54, 1.807) is 0 Å². The molecule has 2 heteroatoms. The van der Waals surface area contributed by atoms with Crippen LogP contribution in [0.25, 0.3) is 0 Å². The SMILES string of the molecule is CC1CCC(c2ccc(C3CCC(=S)CC3)cc2F)CC1. The molecule has 0 aromatic heterocycles. The molecule has 2 aliphatic rings. The average Bonchev–Trinajstić information content (AvgIpc) is 2.49. The maximum Gasteiger partial charge on any atom is 0.126 e. The van der Waals surface area contributed by atoms with Crippen LogP contribution in [-0.2, 0) is 0 Å². The van der Waals surface area contributed by atoms with Crippen molar-refractivity contribution in [3.8, 4) is 0 Å². The average molecular weight is 304 g/mol. The Morgan fingerprint density at radius 3 is 2.24 bits per heavy atom. The number of rotatable bonds is 2. The first kappa shape index (κ1) is 15.1. The Balaban J connectivity index is 1.72. The lowest BCUT2D eigenvalue weighted by Gasteiger charge is -2.28. The predicted octanol–water partition coefficient (Wildman–Crippen LogP) is 6.15. The van der Waals surface area contributed by atoms with Crippen LogP contribution in [0.15, 0.2) is 18.2 Å². The van der Waals surface area contributed by atoms with Gasteiger partial charge in [-0.05, 0) is 78.3 Å². The fraction of sp³-hybridized carbons (Fsp3) is 0.632. The van der Waals surface area contributed by atoms with Gasteiger partial charge in [0.2, 0.25) is 0 Å². The van der Waals surface area contributed by atoms with Crippen molar-refractivity contribution in [2.45, 2.75) is 70.1 Å². The van der Waals surface area contributed by atoms with Crippen LogP contribution in [-0.4, -0.2) is 4.86 Å². The van der Waals surface area contributed by atoms with E-state index < -0.39 is 0 Å². The number of thiocarbonyl (C=S) groups is 1. The van der Waals surface area contributed by atoms with Crippen LogP contribution < -0.4 is 0 Å². The van der Waals surface area contributed by atoms with Gasteiger partial charge in [0.25, 0.3) is 0 Å². The largest absolute Gasteiger partial charge is 0.207 e. The Morgan fingerprint density at radius 2 is 1.62 bits per heavy atom. The molecule has 1 aromatic carbocycles. The molecule has 0 amide bonds. The Hall–Kier alpha value is -0.760. The van der Waals surface area contributed by atoms with E-state index in [1.165, 1.54) is 23.3 Å². The lowest BCUT2D eigenvalue weighted by atomic mass is 9.78. The number of benzene rings is 1. The minimum absolute atomic E-state index is 0.0280.